The van der Waals surface area contributed by atoms with Crippen LogP contribution in [0, 0.1) is 0 Å². The third kappa shape index (κ3) is 9.10. The molecule has 24 heavy (non-hydrogen) atoms. The minimum atomic E-state index is -3.81. The molecule has 9 heteroatoms. The zero-order valence-electron chi connectivity index (χ0n) is 15.7. The molecule has 0 saturated carbocycles. The predicted molar refractivity (Wildman–Crippen MR) is 95.3 cm³/mol. The largest absolute Gasteiger partial charge is 0.475 e. The summed E-state index contributed by atoms with van der Waals surface area (Å²) in [7, 11) is -7.38. The van der Waals surface area contributed by atoms with Crippen LogP contribution in [0.4, 0.5) is 0 Å². The summed E-state index contributed by atoms with van der Waals surface area (Å²) in [6.45, 7) is 9.68. The van der Waals surface area contributed by atoms with Gasteiger partial charge in [-0.05, 0) is 34.1 Å². The Morgan fingerprint density at radius 3 is 1.62 bits per heavy atom. The summed E-state index contributed by atoms with van der Waals surface area (Å²) in [4.78, 5) is 0. The van der Waals surface area contributed by atoms with Crippen LogP contribution in [0.15, 0.2) is 0 Å². The van der Waals surface area contributed by atoms with Gasteiger partial charge in [-0.25, -0.2) is 4.57 Å². The van der Waals surface area contributed by atoms with Crippen LogP contribution in [0.2, 0.25) is 0 Å². The summed E-state index contributed by atoms with van der Waals surface area (Å²) in [5.41, 5.74) is 0. The van der Waals surface area contributed by atoms with Gasteiger partial charge in [0.1, 0.15) is 0 Å². The van der Waals surface area contributed by atoms with Gasteiger partial charge in [0, 0.05) is 0 Å². The molecule has 0 saturated heterocycles. The molecule has 0 aromatic rings. The van der Waals surface area contributed by atoms with Crippen molar-refractivity contribution in [2.24, 2.45) is 0 Å². The SMILES string of the molecule is CCCCCCC(OP(=O)(OCC)OCC)P(=O)(OCC)OCC. The molecule has 0 radical (unpaired) electrons. The van der Waals surface area contributed by atoms with Crippen molar-refractivity contribution in [3.05, 3.63) is 0 Å². The summed E-state index contributed by atoms with van der Waals surface area (Å²) < 4.78 is 52.3. The van der Waals surface area contributed by atoms with Gasteiger partial charge in [-0.1, -0.05) is 32.6 Å². The van der Waals surface area contributed by atoms with Crippen LogP contribution >= 0.6 is 15.4 Å². The first-order chi connectivity index (χ1) is 11.4. The number of phosphoric acid groups is 1. The van der Waals surface area contributed by atoms with E-state index in [2.05, 4.69) is 6.92 Å². The number of phosphoric ester groups is 1. The van der Waals surface area contributed by atoms with E-state index in [4.69, 9.17) is 22.6 Å². The van der Waals surface area contributed by atoms with E-state index < -0.39 is 21.3 Å². The van der Waals surface area contributed by atoms with Crippen molar-refractivity contribution in [2.75, 3.05) is 26.4 Å². The maximum absolute atomic E-state index is 13.1. The monoisotopic (exact) mass is 388 g/mol. The van der Waals surface area contributed by atoms with Crippen molar-refractivity contribution in [1.29, 1.82) is 0 Å². The van der Waals surface area contributed by atoms with E-state index in [0.717, 1.165) is 25.7 Å². The van der Waals surface area contributed by atoms with Crippen LogP contribution in [0.3, 0.4) is 0 Å². The Balaban J connectivity index is 5.26. The predicted octanol–water partition coefficient (Wildman–Crippen LogP) is 5.75. The van der Waals surface area contributed by atoms with Crippen LogP contribution in [-0.2, 0) is 31.7 Å². The molecule has 0 rings (SSSR count). The minimum Gasteiger partial charge on any atom is -0.307 e. The van der Waals surface area contributed by atoms with Crippen molar-refractivity contribution in [3.63, 3.8) is 0 Å². The lowest BCUT2D eigenvalue weighted by atomic mass is 10.2. The molecule has 0 aliphatic carbocycles. The Bertz CT molecular complexity index is 383. The molecule has 0 aliphatic rings. The molecule has 0 aromatic heterocycles. The molecule has 0 heterocycles. The van der Waals surface area contributed by atoms with E-state index in [1.165, 1.54) is 0 Å². The van der Waals surface area contributed by atoms with Crippen LogP contribution in [0.5, 0.6) is 0 Å². The van der Waals surface area contributed by atoms with Crippen molar-refractivity contribution in [1.82, 2.24) is 0 Å². The highest BCUT2D eigenvalue weighted by atomic mass is 31.2. The normalized spacial score (nSPS) is 14.0. The van der Waals surface area contributed by atoms with Crippen LogP contribution < -0.4 is 0 Å². The maximum Gasteiger partial charge on any atom is 0.475 e. The first-order valence-electron chi connectivity index (χ1n) is 8.87. The fourth-order valence-electron chi connectivity index (χ4n) is 2.14. The van der Waals surface area contributed by atoms with Crippen LogP contribution in [0.1, 0.15) is 66.7 Å². The van der Waals surface area contributed by atoms with E-state index in [0.29, 0.717) is 6.42 Å². The average Bonchev–Trinajstić information content (AvgIpc) is 2.51. The highest BCUT2D eigenvalue weighted by Crippen LogP contribution is 2.62. The Kier molecular flexibility index (Phi) is 13.6. The summed E-state index contributed by atoms with van der Waals surface area (Å²) in [5, 5.41) is 0. The minimum absolute atomic E-state index is 0.160. The van der Waals surface area contributed by atoms with Gasteiger partial charge in [-0.3, -0.25) is 18.1 Å². The van der Waals surface area contributed by atoms with Gasteiger partial charge in [-0.15, -0.1) is 0 Å². The fraction of sp³-hybridized carbons (Fsp3) is 1.00. The topological polar surface area (TPSA) is 80.3 Å². The highest BCUT2D eigenvalue weighted by Gasteiger charge is 2.42. The van der Waals surface area contributed by atoms with Gasteiger partial charge in [0.15, 0.2) is 5.85 Å². The van der Waals surface area contributed by atoms with E-state index in [1.54, 1.807) is 27.7 Å². The van der Waals surface area contributed by atoms with Crippen molar-refractivity contribution < 1.29 is 31.7 Å². The first-order valence-corrected chi connectivity index (χ1v) is 11.9. The molecular formula is C15H34O7P2. The molecule has 7 nitrogen and oxygen atoms in total. The molecule has 0 spiro atoms. The average molecular weight is 388 g/mol. The number of hydrogen-bond acceptors (Lipinski definition) is 7. The second-order valence-corrected chi connectivity index (χ2v) is 8.86. The quantitative estimate of drug-likeness (QED) is 0.246. The highest BCUT2D eigenvalue weighted by molar-refractivity contribution is 7.55. The Morgan fingerprint density at radius 2 is 1.21 bits per heavy atom. The van der Waals surface area contributed by atoms with Gasteiger partial charge in [-0.2, -0.15) is 0 Å². The van der Waals surface area contributed by atoms with Crippen LogP contribution in [-0.4, -0.2) is 32.3 Å². The lowest BCUT2D eigenvalue weighted by molar-refractivity contribution is 0.0853. The Hall–Kier alpha value is 0.260. The van der Waals surface area contributed by atoms with Crippen LogP contribution in [0.25, 0.3) is 0 Å². The molecule has 1 atom stereocenters. The summed E-state index contributed by atoms with van der Waals surface area (Å²) in [6.07, 6.45) is 4.27. The molecule has 0 aliphatic heterocycles. The third-order valence-electron chi connectivity index (χ3n) is 3.10. The summed E-state index contributed by atoms with van der Waals surface area (Å²) >= 11 is 0. The van der Waals surface area contributed by atoms with E-state index in [9.17, 15) is 9.13 Å². The second kappa shape index (κ2) is 13.5. The summed E-state index contributed by atoms with van der Waals surface area (Å²) in [6, 6.07) is 0. The molecule has 0 fully saturated rings. The molecular weight excluding hydrogens is 354 g/mol. The van der Waals surface area contributed by atoms with E-state index in [1.807, 2.05) is 0 Å². The zero-order valence-corrected chi connectivity index (χ0v) is 17.5. The van der Waals surface area contributed by atoms with Gasteiger partial charge in [0.2, 0.25) is 0 Å². The van der Waals surface area contributed by atoms with Gasteiger partial charge < -0.3 is 9.05 Å². The Labute approximate surface area is 146 Å². The smallest absolute Gasteiger partial charge is 0.307 e. The number of hydrogen-bond donors (Lipinski definition) is 0. The summed E-state index contributed by atoms with van der Waals surface area (Å²) in [5.74, 6) is -0.974. The van der Waals surface area contributed by atoms with Gasteiger partial charge >= 0.3 is 15.4 Å². The van der Waals surface area contributed by atoms with Gasteiger partial charge in [0.05, 0.1) is 26.4 Å². The van der Waals surface area contributed by atoms with E-state index in [-0.39, 0.29) is 26.4 Å². The van der Waals surface area contributed by atoms with Crippen molar-refractivity contribution in [3.8, 4) is 0 Å². The molecule has 0 amide bonds. The zero-order chi connectivity index (χ0) is 18.5. The fourth-order valence-corrected chi connectivity index (χ4v) is 5.81. The third-order valence-corrected chi connectivity index (χ3v) is 7.23. The second-order valence-electron chi connectivity index (χ2n) is 5.07. The number of unbranched alkanes of at least 4 members (excludes halogenated alkanes) is 3. The van der Waals surface area contributed by atoms with Crippen molar-refractivity contribution >= 4 is 15.4 Å². The lowest BCUT2D eigenvalue weighted by Crippen LogP contribution is -2.18. The number of rotatable bonds is 16. The molecule has 0 aromatic carbocycles. The molecule has 0 bridgehead atoms. The standard InChI is InChI=1S/C15H34O7P2/c1-6-11-12-13-14-15(23(16,18-7-2)19-8-3)22-24(17,20-9-4)21-10-5/h15H,6-14H2,1-5H3. The van der Waals surface area contributed by atoms with Gasteiger partial charge in [0.25, 0.3) is 0 Å². The maximum atomic E-state index is 13.1. The molecule has 0 N–H and O–H groups in total. The van der Waals surface area contributed by atoms with Crippen molar-refractivity contribution in [2.45, 2.75) is 72.6 Å². The Morgan fingerprint density at radius 1 is 0.708 bits per heavy atom. The first kappa shape index (κ1) is 24.3. The van der Waals surface area contributed by atoms with E-state index >= 15 is 0 Å². The molecule has 1 unspecified atom stereocenters. The molecule has 146 valence electrons. The lowest BCUT2D eigenvalue weighted by Gasteiger charge is -2.28.